The molecule has 102 valence electrons. The van der Waals surface area contributed by atoms with Gasteiger partial charge in [-0.3, -0.25) is 4.79 Å². The van der Waals surface area contributed by atoms with Crippen LogP contribution >= 0.6 is 0 Å². The van der Waals surface area contributed by atoms with Crippen molar-refractivity contribution in [3.8, 4) is 0 Å². The van der Waals surface area contributed by atoms with Crippen LogP contribution in [0.1, 0.15) is 44.7 Å². The number of benzene rings is 1. The van der Waals surface area contributed by atoms with Crippen LogP contribution in [0.2, 0.25) is 0 Å². The summed E-state index contributed by atoms with van der Waals surface area (Å²) in [6.45, 7) is 7.80. The highest BCUT2D eigenvalue weighted by atomic mass is 16.4. The molecule has 0 spiro atoms. The number of carboxylic acids is 1. The van der Waals surface area contributed by atoms with Gasteiger partial charge < -0.3 is 9.67 Å². The first-order valence-corrected chi connectivity index (χ1v) is 6.58. The van der Waals surface area contributed by atoms with Crippen LogP contribution in [0.15, 0.2) is 24.4 Å². The number of aromatic nitrogens is 1. The minimum atomic E-state index is -0.880. The standard InChI is InChI=1S/C16H21NO2/c1-10(2)11-6-7-14-12(8-11)13(9-17(14)5)16(3,4)15(18)19/h6-10H,1-5H3,(H,18,19). The summed E-state index contributed by atoms with van der Waals surface area (Å²) in [7, 11) is 1.96. The maximum atomic E-state index is 11.5. The number of rotatable bonds is 3. The van der Waals surface area contributed by atoms with E-state index in [9.17, 15) is 9.90 Å². The van der Waals surface area contributed by atoms with Crippen LogP contribution in [0.5, 0.6) is 0 Å². The third-order valence-corrected chi connectivity index (χ3v) is 3.89. The third kappa shape index (κ3) is 2.14. The van der Waals surface area contributed by atoms with E-state index in [1.807, 2.05) is 17.8 Å². The Hall–Kier alpha value is -1.77. The highest BCUT2D eigenvalue weighted by molar-refractivity contribution is 5.92. The minimum absolute atomic E-state index is 0.436. The monoisotopic (exact) mass is 259 g/mol. The fourth-order valence-electron chi connectivity index (χ4n) is 2.38. The number of fused-ring (bicyclic) bond motifs is 1. The van der Waals surface area contributed by atoms with Crippen LogP contribution in [-0.2, 0) is 17.3 Å². The second-order valence-electron chi connectivity index (χ2n) is 6.02. The summed E-state index contributed by atoms with van der Waals surface area (Å²) in [5.41, 5.74) is 2.31. The molecule has 3 heteroatoms. The largest absolute Gasteiger partial charge is 0.481 e. The number of aryl methyl sites for hydroxylation is 1. The van der Waals surface area contributed by atoms with Crippen molar-refractivity contribution < 1.29 is 9.90 Å². The quantitative estimate of drug-likeness (QED) is 0.914. The van der Waals surface area contributed by atoms with Gasteiger partial charge in [0.05, 0.1) is 5.41 Å². The molecule has 0 aliphatic rings. The Bertz CT molecular complexity index is 635. The Morgan fingerprint density at radius 1 is 1.32 bits per heavy atom. The molecule has 0 atom stereocenters. The van der Waals surface area contributed by atoms with Crippen molar-refractivity contribution in [3.63, 3.8) is 0 Å². The molecular weight excluding hydrogens is 238 g/mol. The van der Waals surface area contributed by atoms with Gasteiger partial charge in [0, 0.05) is 24.1 Å². The van der Waals surface area contributed by atoms with E-state index in [2.05, 4.69) is 32.0 Å². The normalized spacial score (nSPS) is 12.3. The van der Waals surface area contributed by atoms with E-state index in [1.54, 1.807) is 13.8 Å². The zero-order valence-electron chi connectivity index (χ0n) is 12.2. The van der Waals surface area contributed by atoms with E-state index < -0.39 is 11.4 Å². The molecule has 0 amide bonds. The summed E-state index contributed by atoms with van der Waals surface area (Å²) in [4.78, 5) is 11.5. The molecule has 1 aromatic heterocycles. The Balaban J connectivity index is 2.75. The molecule has 2 aromatic rings. The lowest BCUT2D eigenvalue weighted by Crippen LogP contribution is -2.28. The van der Waals surface area contributed by atoms with Gasteiger partial charge in [0.2, 0.25) is 0 Å². The molecule has 1 N–H and O–H groups in total. The molecule has 2 rings (SSSR count). The second kappa shape index (κ2) is 4.41. The summed E-state index contributed by atoms with van der Waals surface area (Å²) in [6, 6.07) is 6.32. The average molecular weight is 259 g/mol. The summed E-state index contributed by atoms with van der Waals surface area (Å²) in [5.74, 6) is -0.361. The second-order valence-corrected chi connectivity index (χ2v) is 6.02. The number of carbonyl (C=O) groups is 1. The predicted octanol–water partition coefficient (Wildman–Crippen LogP) is 3.66. The van der Waals surface area contributed by atoms with Crippen LogP contribution in [0.4, 0.5) is 0 Å². The SMILES string of the molecule is CC(C)c1ccc2c(c1)c(C(C)(C)C(=O)O)cn2C. The number of carboxylic acid groups (broad SMARTS) is 1. The molecule has 0 saturated carbocycles. The van der Waals surface area contributed by atoms with Gasteiger partial charge in [0.1, 0.15) is 0 Å². The first kappa shape index (κ1) is 13.7. The van der Waals surface area contributed by atoms with Crippen LogP contribution in [-0.4, -0.2) is 15.6 Å². The molecule has 1 aromatic carbocycles. The van der Waals surface area contributed by atoms with Gasteiger partial charge in [-0.1, -0.05) is 19.9 Å². The molecule has 0 saturated heterocycles. The molecule has 0 unspecified atom stereocenters. The first-order chi connectivity index (χ1) is 8.75. The van der Waals surface area contributed by atoms with E-state index in [4.69, 9.17) is 0 Å². The van der Waals surface area contributed by atoms with E-state index in [1.165, 1.54) is 5.56 Å². The smallest absolute Gasteiger partial charge is 0.313 e. The minimum Gasteiger partial charge on any atom is -0.481 e. The van der Waals surface area contributed by atoms with Crippen molar-refractivity contribution in [2.24, 2.45) is 7.05 Å². The highest BCUT2D eigenvalue weighted by Crippen LogP contribution is 2.33. The number of aliphatic carboxylic acids is 1. The van der Waals surface area contributed by atoms with E-state index in [0.29, 0.717) is 5.92 Å². The van der Waals surface area contributed by atoms with Gasteiger partial charge in [0.25, 0.3) is 0 Å². The van der Waals surface area contributed by atoms with Crippen molar-refractivity contribution in [1.82, 2.24) is 4.57 Å². The van der Waals surface area contributed by atoms with Crippen molar-refractivity contribution in [2.45, 2.75) is 39.0 Å². The van der Waals surface area contributed by atoms with Gasteiger partial charge >= 0.3 is 5.97 Å². The van der Waals surface area contributed by atoms with E-state index in [-0.39, 0.29) is 0 Å². The van der Waals surface area contributed by atoms with Crippen LogP contribution < -0.4 is 0 Å². The Labute approximate surface area is 113 Å². The number of hydrogen-bond acceptors (Lipinski definition) is 1. The summed E-state index contributed by atoms with van der Waals surface area (Å²) < 4.78 is 2.00. The lowest BCUT2D eigenvalue weighted by Gasteiger charge is -2.18. The maximum Gasteiger partial charge on any atom is 0.313 e. The fraction of sp³-hybridized carbons (Fsp3) is 0.438. The van der Waals surface area contributed by atoms with Gasteiger partial charge in [0.15, 0.2) is 0 Å². The first-order valence-electron chi connectivity index (χ1n) is 6.58. The molecule has 19 heavy (non-hydrogen) atoms. The topological polar surface area (TPSA) is 42.2 Å². The van der Waals surface area contributed by atoms with Crippen LogP contribution in [0, 0.1) is 0 Å². The molecule has 0 radical (unpaired) electrons. The molecule has 0 aliphatic heterocycles. The molecule has 3 nitrogen and oxygen atoms in total. The average Bonchev–Trinajstić information content (AvgIpc) is 2.66. The van der Waals surface area contributed by atoms with Crippen LogP contribution in [0.25, 0.3) is 10.9 Å². The lowest BCUT2D eigenvalue weighted by atomic mass is 9.84. The molecule has 0 fully saturated rings. The third-order valence-electron chi connectivity index (χ3n) is 3.89. The van der Waals surface area contributed by atoms with Crippen molar-refractivity contribution in [3.05, 3.63) is 35.5 Å². The van der Waals surface area contributed by atoms with Crippen molar-refractivity contribution in [1.29, 1.82) is 0 Å². The molecular formula is C16H21NO2. The van der Waals surface area contributed by atoms with Gasteiger partial charge in [-0.05, 0) is 43.0 Å². The Morgan fingerprint density at radius 2 is 1.95 bits per heavy atom. The Kier molecular flexibility index (Phi) is 3.17. The maximum absolute atomic E-state index is 11.5. The summed E-state index contributed by atoms with van der Waals surface area (Å²) >= 11 is 0. The van der Waals surface area contributed by atoms with Crippen molar-refractivity contribution in [2.75, 3.05) is 0 Å². The van der Waals surface area contributed by atoms with E-state index >= 15 is 0 Å². The Morgan fingerprint density at radius 3 is 2.47 bits per heavy atom. The number of hydrogen-bond donors (Lipinski definition) is 1. The van der Waals surface area contributed by atoms with Gasteiger partial charge in [-0.15, -0.1) is 0 Å². The van der Waals surface area contributed by atoms with Crippen molar-refractivity contribution >= 4 is 16.9 Å². The predicted molar refractivity (Wildman–Crippen MR) is 77.7 cm³/mol. The van der Waals surface area contributed by atoms with E-state index in [0.717, 1.165) is 16.5 Å². The van der Waals surface area contributed by atoms with Crippen LogP contribution in [0.3, 0.4) is 0 Å². The molecule has 1 heterocycles. The zero-order valence-corrected chi connectivity index (χ0v) is 12.2. The zero-order chi connectivity index (χ0) is 14.4. The van der Waals surface area contributed by atoms with Gasteiger partial charge in [-0.25, -0.2) is 0 Å². The fourth-order valence-corrected chi connectivity index (χ4v) is 2.38. The highest BCUT2D eigenvalue weighted by Gasteiger charge is 2.32. The summed E-state index contributed by atoms with van der Waals surface area (Å²) in [5, 5.41) is 10.5. The molecule has 0 aliphatic carbocycles. The van der Waals surface area contributed by atoms with Gasteiger partial charge in [-0.2, -0.15) is 0 Å². The lowest BCUT2D eigenvalue weighted by molar-refractivity contribution is -0.142. The summed E-state index contributed by atoms with van der Waals surface area (Å²) in [6.07, 6.45) is 1.93. The number of nitrogens with zero attached hydrogens (tertiary/aromatic N) is 1. The molecule has 0 bridgehead atoms.